The molecule has 0 aromatic heterocycles. The van der Waals surface area contributed by atoms with Gasteiger partial charge in [-0.1, -0.05) is 339 Å². The fourth-order valence-electron chi connectivity index (χ4n) is 10.5. The second kappa shape index (κ2) is 63.8. The van der Waals surface area contributed by atoms with Gasteiger partial charge in [-0.15, -0.1) is 0 Å². The predicted molar refractivity (Wildman–Crippen MR) is 328 cm³/mol. The van der Waals surface area contributed by atoms with Crippen LogP contribution in [0.25, 0.3) is 0 Å². The summed E-state index contributed by atoms with van der Waals surface area (Å²) in [6.45, 7) is 4.24. The highest BCUT2D eigenvalue weighted by Gasteiger charge is 2.20. The summed E-state index contributed by atoms with van der Waals surface area (Å²) in [4.78, 5) is 12.6. The number of aliphatic hydroxyl groups is 3. The largest absolute Gasteiger partial charge is 0.394 e. The molecule has 5 nitrogen and oxygen atoms in total. The number of hydrogen-bond donors (Lipinski definition) is 4. The van der Waals surface area contributed by atoms with Crippen molar-refractivity contribution >= 4 is 5.91 Å². The molecule has 0 aliphatic carbocycles. The Morgan fingerprint density at radius 3 is 0.946 bits per heavy atom. The summed E-state index contributed by atoms with van der Waals surface area (Å²) in [5, 5.41) is 33.5. The van der Waals surface area contributed by atoms with Crippen molar-refractivity contribution in [2.75, 3.05) is 6.61 Å². The molecule has 0 aromatic carbocycles. The monoisotopic (exact) mass is 1040 g/mol. The molecule has 0 bridgehead atoms. The van der Waals surface area contributed by atoms with Crippen LogP contribution < -0.4 is 5.32 Å². The molecule has 0 heterocycles. The van der Waals surface area contributed by atoms with Crippen LogP contribution in [0.1, 0.15) is 361 Å². The first kappa shape index (κ1) is 72.3. The molecule has 3 unspecified atom stereocenters. The molecule has 4 N–H and O–H groups in total. The molecule has 5 heteroatoms. The van der Waals surface area contributed by atoms with Crippen LogP contribution in [0.4, 0.5) is 0 Å². The van der Waals surface area contributed by atoms with Gasteiger partial charge in [-0.2, -0.15) is 0 Å². The van der Waals surface area contributed by atoms with Crippen LogP contribution >= 0.6 is 0 Å². The van der Waals surface area contributed by atoms with E-state index in [2.05, 4.69) is 55.6 Å². The molecule has 74 heavy (non-hydrogen) atoms. The average Bonchev–Trinajstić information content (AvgIpc) is 3.40. The molecular formula is C69H131NO4. The quantitative estimate of drug-likeness (QED) is 0.0361. The lowest BCUT2D eigenvalue weighted by Crippen LogP contribution is -2.45. The van der Waals surface area contributed by atoms with Gasteiger partial charge < -0.3 is 20.6 Å². The lowest BCUT2D eigenvalue weighted by Gasteiger charge is -2.21. The number of aliphatic hydroxyl groups excluding tert-OH is 3. The minimum atomic E-state index is -0.954. The van der Waals surface area contributed by atoms with Crippen molar-refractivity contribution in [1.29, 1.82) is 0 Å². The van der Waals surface area contributed by atoms with E-state index >= 15 is 0 Å². The zero-order chi connectivity index (χ0) is 53.6. The standard InChI is InChI=1S/C69H131NO4/c1-3-5-7-9-11-13-15-17-19-21-23-25-27-28-29-30-31-32-33-34-35-36-37-38-39-40-41-42-44-46-48-50-52-54-56-58-60-62-66(72)64-69(74)70-67(65-71)68(73)63-61-59-57-55-53-51-49-47-45-43-26-24-22-20-18-16-14-12-10-8-6-4-2/h31-32,34-35,53,55,61,63,66-68,71-73H,3-30,33,36-52,54,56-60,62,64-65H2,1-2H3,(H,70,74)/b32-31-,35-34-,55-53+,63-61+. The number of unbranched alkanes of at least 4 members (excludes halogenated alkanes) is 47. The Hall–Kier alpha value is -1.69. The van der Waals surface area contributed by atoms with Crippen LogP contribution in [-0.2, 0) is 4.79 Å². The lowest BCUT2D eigenvalue weighted by atomic mass is 10.0. The number of rotatable bonds is 62. The van der Waals surface area contributed by atoms with E-state index in [1.165, 1.54) is 295 Å². The van der Waals surface area contributed by atoms with Crippen molar-refractivity contribution < 1.29 is 20.1 Å². The van der Waals surface area contributed by atoms with Crippen LogP contribution in [0.2, 0.25) is 0 Å². The summed E-state index contributed by atoms with van der Waals surface area (Å²) in [5.41, 5.74) is 0. The van der Waals surface area contributed by atoms with Crippen molar-refractivity contribution in [3.05, 3.63) is 48.6 Å². The Balaban J connectivity index is 3.53. The molecule has 0 saturated carbocycles. The lowest BCUT2D eigenvalue weighted by molar-refractivity contribution is -0.124. The summed E-state index contributed by atoms with van der Waals surface area (Å²) >= 11 is 0. The summed E-state index contributed by atoms with van der Waals surface area (Å²) < 4.78 is 0. The number of amides is 1. The molecular weight excluding hydrogens is 907 g/mol. The first-order valence-corrected chi connectivity index (χ1v) is 33.4. The first-order chi connectivity index (χ1) is 36.5. The van der Waals surface area contributed by atoms with Gasteiger partial charge in [-0.3, -0.25) is 4.79 Å². The van der Waals surface area contributed by atoms with Gasteiger partial charge in [0.05, 0.1) is 31.3 Å². The third-order valence-corrected chi connectivity index (χ3v) is 15.6. The maximum absolute atomic E-state index is 12.6. The van der Waals surface area contributed by atoms with Crippen molar-refractivity contribution in [2.45, 2.75) is 379 Å². The predicted octanol–water partition coefficient (Wildman–Crippen LogP) is 21.5. The van der Waals surface area contributed by atoms with Gasteiger partial charge in [-0.25, -0.2) is 0 Å². The van der Waals surface area contributed by atoms with Gasteiger partial charge in [0.15, 0.2) is 0 Å². The second-order valence-electron chi connectivity index (χ2n) is 23.1. The van der Waals surface area contributed by atoms with E-state index in [4.69, 9.17) is 0 Å². The summed E-state index contributed by atoms with van der Waals surface area (Å²) in [6, 6.07) is -0.763. The van der Waals surface area contributed by atoms with E-state index in [9.17, 15) is 20.1 Å². The molecule has 0 aliphatic heterocycles. The molecule has 0 fully saturated rings. The summed E-state index contributed by atoms with van der Waals surface area (Å²) in [6.07, 6.45) is 86.4. The Labute approximate surface area is 463 Å². The highest BCUT2D eigenvalue weighted by Crippen LogP contribution is 2.18. The topological polar surface area (TPSA) is 89.8 Å². The first-order valence-electron chi connectivity index (χ1n) is 33.4. The molecule has 0 rings (SSSR count). The zero-order valence-corrected chi connectivity index (χ0v) is 50.0. The van der Waals surface area contributed by atoms with Crippen LogP contribution in [0, 0.1) is 0 Å². The summed E-state index contributed by atoms with van der Waals surface area (Å²) in [7, 11) is 0. The van der Waals surface area contributed by atoms with Crippen molar-refractivity contribution in [1.82, 2.24) is 5.32 Å². The molecule has 3 atom stereocenters. The molecule has 0 spiro atoms. The van der Waals surface area contributed by atoms with E-state index in [0.29, 0.717) is 6.42 Å². The maximum Gasteiger partial charge on any atom is 0.222 e. The molecule has 0 aliphatic rings. The van der Waals surface area contributed by atoms with Crippen LogP contribution in [-0.4, -0.2) is 46.1 Å². The van der Waals surface area contributed by atoms with Crippen LogP contribution in [0.5, 0.6) is 0 Å². The third-order valence-electron chi connectivity index (χ3n) is 15.6. The van der Waals surface area contributed by atoms with E-state index in [1.54, 1.807) is 6.08 Å². The second-order valence-corrected chi connectivity index (χ2v) is 23.1. The van der Waals surface area contributed by atoms with E-state index < -0.39 is 18.2 Å². The van der Waals surface area contributed by atoms with Crippen molar-refractivity contribution in [2.24, 2.45) is 0 Å². The SMILES string of the molecule is CCCCCCCCCCCCCCCCC/C=C\C/C=C\CCCCCCCCCCCCCCCCCC(O)CC(=O)NC(CO)C(O)/C=C/CC/C=C/CCCCCCCCCCCCCCCCCC. The van der Waals surface area contributed by atoms with Gasteiger partial charge in [0.25, 0.3) is 0 Å². The highest BCUT2D eigenvalue weighted by atomic mass is 16.3. The number of carbonyl (C=O) groups excluding carboxylic acids is 1. The van der Waals surface area contributed by atoms with Gasteiger partial charge in [-0.05, 0) is 64.2 Å². The number of nitrogens with one attached hydrogen (secondary N) is 1. The number of hydrogen-bond acceptors (Lipinski definition) is 4. The van der Waals surface area contributed by atoms with Crippen molar-refractivity contribution in [3.63, 3.8) is 0 Å². The Morgan fingerprint density at radius 2 is 0.622 bits per heavy atom. The van der Waals surface area contributed by atoms with Gasteiger partial charge in [0.2, 0.25) is 5.91 Å². The van der Waals surface area contributed by atoms with Gasteiger partial charge in [0.1, 0.15) is 0 Å². The maximum atomic E-state index is 12.6. The van der Waals surface area contributed by atoms with Crippen LogP contribution in [0.15, 0.2) is 48.6 Å². The van der Waals surface area contributed by atoms with Crippen LogP contribution in [0.3, 0.4) is 0 Å². The Bertz CT molecular complexity index is 1190. The zero-order valence-electron chi connectivity index (χ0n) is 50.0. The summed E-state index contributed by atoms with van der Waals surface area (Å²) in [5.74, 6) is -0.321. The molecule has 0 saturated heterocycles. The van der Waals surface area contributed by atoms with Gasteiger partial charge in [0, 0.05) is 0 Å². The van der Waals surface area contributed by atoms with E-state index in [-0.39, 0.29) is 18.9 Å². The minimum absolute atomic E-state index is 0.00655. The van der Waals surface area contributed by atoms with Crippen molar-refractivity contribution in [3.8, 4) is 0 Å². The molecule has 0 radical (unpaired) electrons. The van der Waals surface area contributed by atoms with E-state index in [1.807, 2.05) is 6.08 Å². The van der Waals surface area contributed by atoms with Gasteiger partial charge >= 0.3 is 0 Å². The van der Waals surface area contributed by atoms with E-state index in [0.717, 1.165) is 38.5 Å². The molecule has 0 aromatic rings. The normalized spacial score (nSPS) is 13.4. The average molecular weight is 1040 g/mol. The molecule has 1 amide bonds. The number of carbonyl (C=O) groups is 1. The number of allylic oxidation sites excluding steroid dienone is 7. The third kappa shape index (κ3) is 59.6. The molecule has 436 valence electrons. The smallest absolute Gasteiger partial charge is 0.222 e. The Kier molecular flexibility index (Phi) is 62.4. The highest BCUT2D eigenvalue weighted by molar-refractivity contribution is 5.76. The fourth-order valence-corrected chi connectivity index (χ4v) is 10.5. The fraction of sp³-hybridized carbons (Fsp3) is 0.870. The minimum Gasteiger partial charge on any atom is -0.394 e. The Morgan fingerprint density at radius 1 is 0.351 bits per heavy atom.